The maximum Gasteiger partial charge on any atom is 0.331 e. The van der Waals surface area contributed by atoms with Crippen LogP contribution in [-0.4, -0.2) is 34.9 Å². The largest absolute Gasteiger partial charge is 0.452 e. The Balaban J connectivity index is 2.14. The summed E-state index contributed by atoms with van der Waals surface area (Å²) < 4.78 is 4.96. The third-order valence-electron chi connectivity index (χ3n) is 3.45. The van der Waals surface area contributed by atoms with E-state index in [4.69, 9.17) is 4.74 Å². The molecule has 8 nitrogen and oxygen atoms in total. The second-order valence-corrected chi connectivity index (χ2v) is 6.78. The van der Waals surface area contributed by atoms with E-state index in [1.807, 2.05) is 0 Å². The molecule has 0 saturated carbocycles. The average molecular weight is 401 g/mol. The number of non-ortho nitro benzene ring substituents is 1. The number of esters is 1. The SMILES string of the molecule is C=CCN(C(=O)COC(=O)C=C(C)C)c1nc(-c2ccc([N+](=O)[O-])cc2)cs1. The van der Waals surface area contributed by atoms with Crippen molar-refractivity contribution in [3.05, 3.63) is 64.1 Å². The number of anilines is 1. The number of aromatic nitrogens is 1. The van der Waals surface area contributed by atoms with E-state index in [0.717, 1.165) is 5.57 Å². The molecule has 0 spiro atoms. The van der Waals surface area contributed by atoms with E-state index in [1.54, 1.807) is 37.4 Å². The van der Waals surface area contributed by atoms with Crippen molar-refractivity contribution in [1.29, 1.82) is 0 Å². The maximum absolute atomic E-state index is 12.5. The van der Waals surface area contributed by atoms with Crippen LogP contribution in [0.1, 0.15) is 13.8 Å². The van der Waals surface area contributed by atoms with Gasteiger partial charge in [0.2, 0.25) is 0 Å². The first-order valence-corrected chi connectivity index (χ1v) is 9.13. The Morgan fingerprint density at radius 1 is 1.32 bits per heavy atom. The number of nitrogens with zero attached hydrogens (tertiary/aromatic N) is 3. The molecule has 2 rings (SSSR count). The van der Waals surface area contributed by atoms with Crippen molar-refractivity contribution in [2.75, 3.05) is 18.1 Å². The molecular formula is C19H19N3O5S. The highest BCUT2D eigenvalue weighted by Gasteiger charge is 2.20. The van der Waals surface area contributed by atoms with Gasteiger partial charge in [-0.25, -0.2) is 9.78 Å². The fraction of sp³-hybridized carbons (Fsp3) is 0.211. The molecule has 0 atom stereocenters. The number of benzene rings is 1. The van der Waals surface area contributed by atoms with Gasteiger partial charge in [-0.1, -0.05) is 11.6 Å². The number of ether oxygens (including phenoxy) is 1. The summed E-state index contributed by atoms with van der Waals surface area (Å²) >= 11 is 1.24. The summed E-state index contributed by atoms with van der Waals surface area (Å²) in [4.78, 5) is 40.1. The summed E-state index contributed by atoms with van der Waals surface area (Å²) in [5, 5.41) is 12.9. The Hall–Kier alpha value is -3.33. The van der Waals surface area contributed by atoms with Crippen LogP contribution in [0.3, 0.4) is 0 Å². The smallest absolute Gasteiger partial charge is 0.331 e. The molecule has 0 unspecified atom stereocenters. The average Bonchev–Trinajstić information content (AvgIpc) is 3.13. The number of hydrogen-bond acceptors (Lipinski definition) is 7. The van der Waals surface area contributed by atoms with Crippen LogP contribution in [-0.2, 0) is 14.3 Å². The molecule has 0 radical (unpaired) electrons. The fourth-order valence-electron chi connectivity index (χ4n) is 2.18. The van der Waals surface area contributed by atoms with E-state index in [9.17, 15) is 19.7 Å². The number of carbonyl (C=O) groups is 2. The molecule has 0 aliphatic rings. The molecule has 0 aliphatic carbocycles. The lowest BCUT2D eigenvalue weighted by Gasteiger charge is -2.17. The maximum atomic E-state index is 12.5. The van der Waals surface area contributed by atoms with Crippen LogP contribution in [0.5, 0.6) is 0 Å². The topological polar surface area (TPSA) is 103 Å². The normalized spacial score (nSPS) is 10.1. The van der Waals surface area contributed by atoms with Crippen LogP contribution in [0.2, 0.25) is 0 Å². The third kappa shape index (κ3) is 5.58. The molecule has 0 saturated heterocycles. The Morgan fingerprint density at radius 3 is 2.57 bits per heavy atom. The molecular weight excluding hydrogens is 382 g/mol. The van der Waals surface area contributed by atoms with Gasteiger partial charge in [0.1, 0.15) is 0 Å². The molecule has 0 N–H and O–H groups in total. The first kappa shape index (κ1) is 21.0. The number of hydrogen-bond donors (Lipinski definition) is 0. The van der Waals surface area contributed by atoms with E-state index >= 15 is 0 Å². The van der Waals surface area contributed by atoms with Crippen LogP contribution >= 0.6 is 11.3 Å². The molecule has 0 aliphatic heterocycles. The summed E-state index contributed by atoms with van der Waals surface area (Å²) in [7, 11) is 0. The predicted molar refractivity (Wildman–Crippen MR) is 107 cm³/mol. The lowest BCUT2D eigenvalue weighted by molar-refractivity contribution is -0.384. The summed E-state index contributed by atoms with van der Waals surface area (Å²) in [6, 6.07) is 5.98. The number of nitro groups is 1. The first-order chi connectivity index (χ1) is 13.3. The molecule has 2 aromatic rings. The van der Waals surface area contributed by atoms with Crippen LogP contribution in [0, 0.1) is 10.1 Å². The standard InChI is InChI=1S/C19H19N3O5S/c1-4-9-21(17(23)11-27-18(24)10-13(2)3)19-20-16(12-28-19)14-5-7-15(8-6-14)22(25)26/h4-8,10,12H,1,9,11H2,2-3H3. The van der Waals surface area contributed by atoms with E-state index in [2.05, 4.69) is 11.6 Å². The number of thiazole rings is 1. The van der Waals surface area contributed by atoms with Gasteiger partial charge in [0, 0.05) is 35.7 Å². The van der Waals surface area contributed by atoms with Crippen molar-refractivity contribution in [2.24, 2.45) is 0 Å². The van der Waals surface area contributed by atoms with Gasteiger partial charge in [-0.3, -0.25) is 19.8 Å². The Morgan fingerprint density at radius 2 is 2.00 bits per heavy atom. The van der Waals surface area contributed by atoms with Crippen molar-refractivity contribution in [2.45, 2.75) is 13.8 Å². The zero-order chi connectivity index (χ0) is 20.7. The Bertz CT molecular complexity index is 914. The van der Waals surface area contributed by atoms with Gasteiger partial charge in [-0.05, 0) is 26.0 Å². The zero-order valence-electron chi connectivity index (χ0n) is 15.5. The van der Waals surface area contributed by atoms with Gasteiger partial charge < -0.3 is 4.74 Å². The molecule has 1 aromatic heterocycles. The molecule has 28 heavy (non-hydrogen) atoms. The summed E-state index contributed by atoms with van der Waals surface area (Å²) in [6.07, 6.45) is 2.85. The zero-order valence-corrected chi connectivity index (χ0v) is 16.3. The van der Waals surface area contributed by atoms with Crippen molar-refractivity contribution in [3.63, 3.8) is 0 Å². The minimum absolute atomic E-state index is 0.0131. The lowest BCUT2D eigenvalue weighted by Crippen LogP contribution is -2.34. The predicted octanol–water partition coefficient (Wildman–Crippen LogP) is 3.75. The number of nitro benzene ring substituents is 1. The summed E-state index contributed by atoms with van der Waals surface area (Å²) in [5.41, 5.74) is 2.03. The van der Waals surface area contributed by atoms with E-state index < -0.39 is 23.4 Å². The lowest BCUT2D eigenvalue weighted by atomic mass is 10.1. The summed E-state index contributed by atoms with van der Waals surface area (Å²) in [5.74, 6) is -1.02. The van der Waals surface area contributed by atoms with Gasteiger partial charge in [0.25, 0.3) is 11.6 Å². The van der Waals surface area contributed by atoms with Gasteiger partial charge in [-0.15, -0.1) is 17.9 Å². The Labute approximate surface area is 165 Å². The van der Waals surface area contributed by atoms with Crippen molar-refractivity contribution in [1.82, 2.24) is 4.98 Å². The third-order valence-corrected chi connectivity index (χ3v) is 4.32. The number of rotatable bonds is 8. The van der Waals surface area contributed by atoms with Crippen molar-refractivity contribution < 1.29 is 19.2 Å². The molecule has 1 aromatic carbocycles. The van der Waals surface area contributed by atoms with Gasteiger partial charge in [-0.2, -0.15) is 0 Å². The van der Waals surface area contributed by atoms with Crippen LogP contribution in [0.25, 0.3) is 11.3 Å². The minimum atomic E-state index is -0.586. The second-order valence-electron chi connectivity index (χ2n) is 5.94. The quantitative estimate of drug-likeness (QED) is 0.219. The molecule has 146 valence electrons. The monoisotopic (exact) mass is 401 g/mol. The minimum Gasteiger partial charge on any atom is -0.452 e. The number of allylic oxidation sites excluding steroid dienone is 1. The van der Waals surface area contributed by atoms with Crippen molar-refractivity contribution in [3.8, 4) is 11.3 Å². The molecule has 0 bridgehead atoms. The number of carbonyl (C=O) groups excluding carboxylic acids is 2. The fourth-order valence-corrected chi connectivity index (χ4v) is 3.04. The first-order valence-electron chi connectivity index (χ1n) is 8.25. The van der Waals surface area contributed by atoms with E-state index in [0.29, 0.717) is 16.4 Å². The van der Waals surface area contributed by atoms with Gasteiger partial charge >= 0.3 is 5.97 Å². The van der Waals surface area contributed by atoms with Crippen molar-refractivity contribution >= 4 is 34.0 Å². The van der Waals surface area contributed by atoms with Crippen LogP contribution < -0.4 is 4.90 Å². The highest BCUT2D eigenvalue weighted by Crippen LogP contribution is 2.28. The van der Waals surface area contributed by atoms with Crippen LogP contribution in [0.15, 0.2) is 53.9 Å². The van der Waals surface area contributed by atoms with E-state index in [1.165, 1.54) is 34.4 Å². The molecule has 1 heterocycles. The number of amides is 1. The van der Waals surface area contributed by atoms with E-state index in [-0.39, 0.29) is 12.2 Å². The molecule has 9 heteroatoms. The van der Waals surface area contributed by atoms with Gasteiger partial charge in [0.05, 0.1) is 10.6 Å². The highest BCUT2D eigenvalue weighted by molar-refractivity contribution is 7.14. The molecule has 0 fully saturated rings. The van der Waals surface area contributed by atoms with Crippen LogP contribution in [0.4, 0.5) is 10.8 Å². The molecule has 1 amide bonds. The second kappa shape index (κ2) is 9.56. The highest BCUT2D eigenvalue weighted by atomic mass is 32.1. The Kier molecular flexibility index (Phi) is 7.16. The van der Waals surface area contributed by atoms with Gasteiger partial charge in [0.15, 0.2) is 11.7 Å². The summed E-state index contributed by atoms with van der Waals surface area (Å²) in [6.45, 7) is 6.93.